The Kier molecular flexibility index (Phi) is 6.32. The van der Waals surface area contributed by atoms with E-state index in [2.05, 4.69) is 49.3 Å². The van der Waals surface area contributed by atoms with Crippen LogP contribution in [0.5, 0.6) is 0 Å². The van der Waals surface area contributed by atoms with Crippen LogP contribution in [0.2, 0.25) is 5.15 Å². The molecule has 1 unspecified atom stereocenters. The molecule has 1 heterocycles. The van der Waals surface area contributed by atoms with E-state index < -0.39 is 0 Å². The summed E-state index contributed by atoms with van der Waals surface area (Å²) in [5.41, 5.74) is 6.29. The van der Waals surface area contributed by atoms with Gasteiger partial charge in [0.2, 0.25) is 0 Å². The maximum absolute atomic E-state index is 12.5. The number of nitrogens with one attached hydrogen (secondary N) is 2. The van der Waals surface area contributed by atoms with E-state index in [-0.39, 0.29) is 5.91 Å². The van der Waals surface area contributed by atoms with Crippen molar-refractivity contribution >= 4 is 34.1 Å². The van der Waals surface area contributed by atoms with Gasteiger partial charge < -0.3 is 10.2 Å². The number of carbonyl (C=O) groups is 1. The van der Waals surface area contributed by atoms with Crippen LogP contribution in [0.15, 0.2) is 42.5 Å². The maximum Gasteiger partial charge on any atom is 0.279 e. The average Bonchev–Trinajstić information content (AvgIpc) is 2.66. The van der Waals surface area contributed by atoms with Gasteiger partial charge in [-0.15, -0.1) is 0 Å². The molecule has 1 amide bonds. The Balaban J connectivity index is 1.70. The third-order valence-electron chi connectivity index (χ3n) is 5.16. The second-order valence-electron chi connectivity index (χ2n) is 7.39. The average molecular weight is 397 g/mol. The SMILES string of the molecule is CCc1ccccc1NC(=O)C[NH+](C)Cc1cc2ccc(C)c(C)c2nc1Cl. The number of rotatable bonds is 6. The lowest BCUT2D eigenvalue weighted by Crippen LogP contribution is -3.08. The standard InChI is InChI=1S/C23H26ClN3O/c1-5-17-8-6-7-9-20(17)25-21(28)14-27(4)13-19-12-18-11-10-15(2)16(3)22(18)26-23(19)24/h6-12H,5,13-14H2,1-4H3,(H,25,28)/p+1. The summed E-state index contributed by atoms with van der Waals surface area (Å²) in [7, 11) is 1.99. The topological polar surface area (TPSA) is 46.4 Å². The minimum atomic E-state index is -0.00487. The molecule has 0 radical (unpaired) electrons. The Bertz CT molecular complexity index is 1020. The number of aromatic nitrogens is 1. The Morgan fingerprint density at radius 2 is 1.89 bits per heavy atom. The number of anilines is 1. The summed E-state index contributed by atoms with van der Waals surface area (Å²) in [5, 5.41) is 4.62. The van der Waals surface area contributed by atoms with Crippen LogP contribution in [0.3, 0.4) is 0 Å². The predicted octanol–water partition coefficient (Wildman–Crippen LogP) is 3.72. The summed E-state index contributed by atoms with van der Waals surface area (Å²) in [5.74, 6) is -0.00487. The summed E-state index contributed by atoms with van der Waals surface area (Å²) in [6, 6.07) is 14.2. The van der Waals surface area contributed by atoms with Gasteiger partial charge in [0.15, 0.2) is 6.54 Å². The molecule has 146 valence electrons. The molecule has 1 atom stereocenters. The molecule has 4 nitrogen and oxygen atoms in total. The predicted molar refractivity (Wildman–Crippen MR) is 116 cm³/mol. The fourth-order valence-corrected chi connectivity index (χ4v) is 3.64. The Morgan fingerprint density at radius 3 is 2.64 bits per heavy atom. The van der Waals surface area contributed by atoms with Crippen LogP contribution in [0.25, 0.3) is 10.9 Å². The number of aryl methyl sites for hydroxylation is 3. The van der Waals surface area contributed by atoms with Gasteiger partial charge in [-0.2, -0.15) is 0 Å². The number of benzene rings is 2. The van der Waals surface area contributed by atoms with E-state index in [4.69, 9.17) is 11.6 Å². The van der Waals surface area contributed by atoms with Crippen LogP contribution < -0.4 is 10.2 Å². The number of halogens is 1. The highest BCUT2D eigenvalue weighted by molar-refractivity contribution is 6.30. The van der Waals surface area contributed by atoms with Gasteiger partial charge in [-0.1, -0.05) is 48.9 Å². The van der Waals surface area contributed by atoms with Crippen LogP contribution in [0.4, 0.5) is 5.69 Å². The number of carbonyl (C=O) groups excluding carboxylic acids is 1. The first-order chi connectivity index (χ1) is 13.4. The Morgan fingerprint density at radius 1 is 1.14 bits per heavy atom. The second-order valence-corrected chi connectivity index (χ2v) is 7.75. The molecule has 0 aliphatic heterocycles. The number of pyridine rings is 1. The smallest absolute Gasteiger partial charge is 0.279 e. The van der Waals surface area contributed by atoms with Gasteiger partial charge in [-0.3, -0.25) is 4.79 Å². The van der Waals surface area contributed by atoms with Gasteiger partial charge >= 0.3 is 0 Å². The lowest BCUT2D eigenvalue weighted by Gasteiger charge is -2.16. The van der Waals surface area contributed by atoms with Gasteiger partial charge in [-0.05, 0) is 49.1 Å². The summed E-state index contributed by atoms with van der Waals surface area (Å²) < 4.78 is 0. The number of amides is 1. The summed E-state index contributed by atoms with van der Waals surface area (Å²) in [6.45, 7) is 7.22. The highest BCUT2D eigenvalue weighted by atomic mass is 35.5. The minimum absolute atomic E-state index is 0.00487. The van der Waals surface area contributed by atoms with E-state index in [1.807, 2.05) is 31.3 Å². The molecule has 0 spiro atoms. The molecule has 2 aromatic carbocycles. The van der Waals surface area contributed by atoms with E-state index >= 15 is 0 Å². The molecular weight excluding hydrogens is 370 g/mol. The summed E-state index contributed by atoms with van der Waals surface area (Å²) in [4.78, 5) is 18.1. The molecule has 0 saturated heterocycles. The Hall–Kier alpha value is -2.43. The maximum atomic E-state index is 12.5. The fraction of sp³-hybridized carbons (Fsp3) is 0.304. The van der Waals surface area contributed by atoms with E-state index in [1.165, 1.54) is 5.56 Å². The molecule has 0 bridgehead atoms. The van der Waals surface area contributed by atoms with Gasteiger partial charge in [-0.25, -0.2) is 4.98 Å². The molecular formula is C23H27ClN3O+. The zero-order valence-electron chi connectivity index (χ0n) is 16.9. The van der Waals surface area contributed by atoms with Crippen molar-refractivity contribution in [1.82, 2.24) is 4.98 Å². The van der Waals surface area contributed by atoms with E-state index in [0.29, 0.717) is 18.2 Å². The van der Waals surface area contributed by atoms with Crippen molar-refractivity contribution in [2.24, 2.45) is 0 Å². The van der Waals surface area contributed by atoms with Crippen LogP contribution in [0.1, 0.15) is 29.2 Å². The lowest BCUT2D eigenvalue weighted by atomic mass is 10.0. The molecule has 0 aliphatic carbocycles. The van der Waals surface area contributed by atoms with E-state index in [1.54, 1.807) is 0 Å². The zero-order chi connectivity index (χ0) is 20.3. The van der Waals surface area contributed by atoms with Crippen LogP contribution >= 0.6 is 11.6 Å². The molecule has 1 aromatic heterocycles. The largest absolute Gasteiger partial charge is 0.326 e. The van der Waals surface area contributed by atoms with Gasteiger partial charge in [0.05, 0.1) is 12.6 Å². The lowest BCUT2D eigenvalue weighted by molar-refractivity contribution is -0.885. The number of likely N-dealkylation sites (N-methyl/N-ethyl adjacent to an activating group) is 1. The highest BCUT2D eigenvalue weighted by Crippen LogP contribution is 2.24. The molecule has 3 rings (SSSR count). The second kappa shape index (κ2) is 8.72. The first-order valence-corrected chi connectivity index (χ1v) is 10.0. The number of nitrogens with zero attached hydrogens (tertiary/aromatic N) is 1. The molecule has 2 N–H and O–H groups in total. The molecule has 0 fully saturated rings. The molecule has 3 aromatic rings. The molecule has 0 saturated carbocycles. The van der Waals surface area contributed by atoms with E-state index in [0.717, 1.165) is 44.6 Å². The number of hydrogen-bond acceptors (Lipinski definition) is 2. The van der Waals surface area contributed by atoms with Crippen LogP contribution in [-0.4, -0.2) is 24.5 Å². The fourth-order valence-electron chi connectivity index (χ4n) is 3.43. The number of para-hydroxylation sites is 1. The van der Waals surface area contributed by atoms with Crippen molar-refractivity contribution in [3.8, 4) is 0 Å². The van der Waals surface area contributed by atoms with Crippen LogP contribution in [0, 0.1) is 13.8 Å². The van der Waals surface area contributed by atoms with Crippen molar-refractivity contribution in [1.29, 1.82) is 0 Å². The van der Waals surface area contributed by atoms with Crippen LogP contribution in [-0.2, 0) is 17.8 Å². The monoisotopic (exact) mass is 396 g/mol. The van der Waals surface area contributed by atoms with Gasteiger partial charge in [0.1, 0.15) is 11.7 Å². The summed E-state index contributed by atoms with van der Waals surface area (Å²) in [6.07, 6.45) is 0.885. The highest BCUT2D eigenvalue weighted by Gasteiger charge is 2.15. The first-order valence-electron chi connectivity index (χ1n) is 9.63. The van der Waals surface area contributed by atoms with Crippen molar-refractivity contribution in [3.05, 3.63) is 69.9 Å². The normalized spacial score (nSPS) is 12.2. The Labute approximate surface area is 171 Å². The van der Waals surface area contributed by atoms with Crippen molar-refractivity contribution in [2.45, 2.75) is 33.7 Å². The number of hydrogen-bond donors (Lipinski definition) is 2. The molecule has 28 heavy (non-hydrogen) atoms. The quantitative estimate of drug-likeness (QED) is 0.624. The number of quaternary nitrogens is 1. The zero-order valence-corrected chi connectivity index (χ0v) is 17.7. The number of fused-ring (bicyclic) bond motifs is 1. The summed E-state index contributed by atoms with van der Waals surface area (Å²) >= 11 is 6.45. The van der Waals surface area contributed by atoms with Crippen molar-refractivity contribution < 1.29 is 9.69 Å². The third-order valence-corrected chi connectivity index (χ3v) is 5.49. The third kappa shape index (κ3) is 4.51. The molecule has 5 heteroatoms. The van der Waals surface area contributed by atoms with Gasteiger partial charge in [0, 0.05) is 16.6 Å². The first kappa shape index (κ1) is 20.3. The minimum Gasteiger partial charge on any atom is -0.326 e. The van der Waals surface area contributed by atoms with E-state index in [9.17, 15) is 4.79 Å². The van der Waals surface area contributed by atoms with Crippen molar-refractivity contribution in [3.63, 3.8) is 0 Å². The van der Waals surface area contributed by atoms with Crippen molar-refractivity contribution in [2.75, 3.05) is 18.9 Å². The molecule has 0 aliphatic rings. The van der Waals surface area contributed by atoms with Gasteiger partial charge in [0.25, 0.3) is 5.91 Å².